The summed E-state index contributed by atoms with van der Waals surface area (Å²) in [6.07, 6.45) is 6.30. The topological polar surface area (TPSA) is 64.6 Å². The van der Waals surface area contributed by atoms with Crippen molar-refractivity contribution in [2.75, 3.05) is 0 Å². The average molecular weight is 357 g/mol. The molecule has 0 aromatic heterocycles. The maximum atomic E-state index is 12.5. The molecule has 0 unspecified atom stereocenters. The van der Waals surface area contributed by atoms with Gasteiger partial charge in [-0.2, -0.15) is 0 Å². The number of nitrogens with one attached hydrogen (secondary N) is 1. The first-order valence-corrected chi connectivity index (χ1v) is 9.71. The molecule has 140 valence electrons. The molecule has 1 N–H and O–H groups in total. The summed E-state index contributed by atoms with van der Waals surface area (Å²) in [6, 6.07) is 8.76. The molecule has 4 saturated carbocycles. The van der Waals surface area contributed by atoms with Crippen LogP contribution < -0.4 is 5.32 Å². The van der Waals surface area contributed by atoms with Crippen molar-refractivity contribution in [1.82, 2.24) is 5.32 Å². The molecule has 1 aromatic carbocycles. The quantitative estimate of drug-likeness (QED) is 0.814. The lowest BCUT2D eigenvalue weighted by Crippen LogP contribution is -2.54. The third-order valence-corrected chi connectivity index (χ3v) is 6.20. The van der Waals surface area contributed by atoms with Crippen LogP contribution >= 0.6 is 0 Å². The lowest BCUT2D eigenvalue weighted by molar-refractivity contribution is -0.188. The first-order valence-electron chi connectivity index (χ1n) is 9.71. The minimum Gasteiger partial charge on any atom is -0.458 e. The Morgan fingerprint density at radius 2 is 1.65 bits per heavy atom. The highest BCUT2D eigenvalue weighted by Crippen LogP contribution is 2.57. The minimum absolute atomic E-state index is 0.184. The summed E-state index contributed by atoms with van der Waals surface area (Å²) >= 11 is 0. The minimum atomic E-state index is -0.703. The van der Waals surface area contributed by atoms with Crippen LogP contribution in [0.3, 0.4) is 0 Å². The summed E-state index contributed by atoms with van der Waals surface area (Å²) in [5, 5.41) is 2.60. The van der Waals surface area contributed by atoms with Gasteiger partial charge < -0.3 is 14.8 Å². The maximum Gasteiger partial charge on any atom is 0.408 e. The molecule has 4 aliphatic carbocycles. The fourth-order valence-electron chi connectivity index (χ4n) is 5.46. The van der Waals surface area contributed by atoms with Gasteiger partial charge in [-0.3, -0.25) is 0 Å². The molecule has 0 radical (unpaired) electrons. The van der Waals surface area contributed by atoms with Gasteiger partial charge in [-0.15, -0.1) is 0 Å². The van der Waals surface area contributed by atoms with Crippen LogP contribution in [0.2, 0.25) is 0 Å². The van der Waals surface area contributed by atoms with E-state index in [9.17, 15) is 9.59 Å². The van der Waals surface area contributed by atoms with Gasteiger partial charge in [0.2, 0.25) is 0 Å². The summed E-state index contributed by atoms with van der Waals surface area (Å²) in [4.78, 5) is 24.5. The van der Waals surface area contributed by atoms with Crippen molar-refractivity contribution >= 4 is 12.1 Å². The number of carbonyl (C=O) groups is 2. The smallest absolute Gasteiger partial charge is 0.408 e. The number of hydrogen-bond donors (Lipinski definition) is 1. The third-order valence-electron chi connectivity index (χ3n) is 6.20. The number of esters is 1. The Morgan fingerprint density at radius 3 is 2.23 bits per heavy atom. The van der Waals surface area contributed by atoms with E-state index >= 15 is 0 Å². The monoisotopic (exact) mass is 357 g/mol. The molecule has 5 heteroatoms. The van der Waals surface area contributed by atoms with Gasteiger partial charge in [0.1, 0.15) is 18.2 Å². The number of alkyl carbamates (subject to hydrolysis) is 1. The Morgan fingerprint density at radius 1 is 1.08 bits per heavy atom. The van der Waals surface area contributed by atoms with Crippen molar-refractivity contribution in [2.24, 2.45) is 17.8 Å². The Kier molecular flexibility index (Phi) is 4.63. The van der Waals surface area contributed by atoms with Gasteiger partial charge in [0.25, 0.3) is 0 Å². The second kappa shape index (κ2) is 6.93. The van der Waals surface area contributed by atoms with Gasteiger partial charge in [-0.25, -0.2) is 9.59 Å². The molecule has 0 aliphatic heterocycles. The number of carbonyl (C=O) groups excluding carboxylic acids is 2. The van der Waals surface area contributed by atoms with E-state index in [0.717, 1.165) is 24.8 Å². The van der Waals surface area contributed by atoms with E-state index in [1.54, 1.807) is 6.92 Å². The molecule has 5 nitrogen and oxygen atoms in total. The fraction of sp³-hybridized carbons (Fsp3) is 0.619. The van der Waals surface area contributed by atoms with Crippen LogP contribution in [0.25, 0.3) is 0 Å². The molecule has 0 heterocycles. The molecule has 26 heavy (non-hydrogen) atoms. The molecule has 5 rings (SSSR count). The van der Waals surface area contributed by atoms with E-state index < -0.39 is 12.1 Å². The van der Waals surface area contributed by atoms with Crippen LogP contribution in [0.1, 0.15) is 51.0 Å². The number of benzene rings is 1. The molecular formula is C21H27NO4. The van der Waals surface area contributed by atoms with Crippen LogP contribution in [-0.2, 0) is 20.9 Å². The molecule has 1 amide bonds. The molecule has 0 saturated heterocycles. The standard InChI is InChI=1S/C21H27NO4/c1-14(22-20(24)25-13-15-5-3-2-4-6-15)19(23)26-21-10-16-7-17(11-21)9-18(8-16)12-21/h2-6,14,16-18H,7-13H2,1H3,(H,22,24)/t14-,16?,17?,18?,21?/m1/s1. The lowest BCUT2D eigenvalue weighted by atomic mass is 9.54. The van der Waals surface area contributed by atoms with E-state index in [1.165, 1.54) is 19.3 Å². The molecule has 4 fully saturated rings. The van der Waals surface area contributed by atoms with Crippen molar-refractivity contribution in [3.63, 3.8) is 0 Å². The Hall–Kier alpha value is -2.04. The third kappa shape index (κ3) is 3.71. The van der Waals surface area contributed by atoms with Crippen molar-refractivity contribution in [2.45, 2.75) is 63.7 Å². The molecule has 1 aromatic rings. The van der Waals surface area contributed by atoms with Crippen molar-refractivity contribution in [3.05, 3.63) is 35.9 Å². The molecule has 4 bridgehead atoms. The van der Waals surface area contributed by atoms with E-state index in [0.29, 0.717) is 17.8 Å². The van der Waals surface area contributed by atoms with Crippen LogP contribution in [-0.4, -0.2) is 23.7 Å². The first-order chi connectivity index (χ1) is 12.5. The summed E-state index contributed by atoms with van der Waals surface area (Å²) in [5.41, 5.74) is 0.627. The summed E-state index contributed by atoms with van der Waals surface area (Å²) in [7, 11) is 0. The number of amides is 1. The van der Waals surface area contributed by atoms with Gasteiger partial charge in [0.05, 0.1) is 0 Å². The van der Waals surface area contributed by atoms with E-state index in [1.807, 2.05) is 30.3 Å². The maximum absolute atomic E-state index is 12.5. The molecule has 0 spiro atoms. The highest BCUT2D eigenvalue weighted by molar-refractivity contribution is 5.81. The molecule has 4 aliphatic rings. The van der Waals surface area contributed by atoms with E-state index in [-0.39, 0.29) is 18.2 Å². The van der Waals surface area contributed by atoms with Crippen LogP contribution in [0.15, 0.2) is 30.3 Å². The molecular weight excluding hydrogens is 330 g/mol. The second-order valence-corrected chi connectivity index (χ2v) is 8.45. The average Bonchev–Trinajstić information content (AvgIpc) is 2.59. The van der Waals surface area contributed by atoms with Crippen LogP contribution in [0.5, 0.6) is 0 Å². The lowest BCUT2D eigenvalue weighted by Gasteiger charge is -2.55. The summed E-state index contributed by atoms with van der Waals surface area (Å²) < 4.78 is 11.2. The predicted octanol–water partition coefficient (Wildman–Crippen LogP) is 3.81. The first kappa shape index (κ1) is 17.4. The van der Waals surface area contributed by atoms with E-state index in [4.69, 9.17) is 9.47 Å². The van der Waals surface area contributed by atoms with Crippen LogP contribution in [0, 0.1) is 17.8 Å². The zero-order valence-corrected chi connectivity index (χ0v) is 15.3. The van der Waals surface area contributed by atoms with E-state index in [2.05, 4.69) is 5.32 Å². The number of hydrogen-bond acceptors (Lipinski definition) is 4. The summed E-state index contributed by atoms with van der Waals surface area (Å²) in [5.74, 6) is 1.80. The van der Waals surface area contributed by atoms with Crippen molar-refractivity contribution in [1.29, 1.82) is 0 Å². The zero-order valence-electron chi connectivity index (χ0n) is 15.3. The Labute approximate surface area is 154 Å². The van der Waals surface area contributed by atoms with Crippen molar-refractivity contribution < 1.29 is 19.1 Å². The van der Waals surface area contributed by atoms with Gasteiger partial charge in [-0.1, -0.05) is 30.3 Å². The number of rotatable bonds is 5. The Balaban J connectivity index is 1.27. The van der Waals surface area contributed by atoms with Gasteiger partial charge in [0.15, 0.2) is 0 Å². The summed E-state index contributed by atoms with van der Waals surface area (Å²) in [6.45, 7) is 1.84. The van der Waals surface area contributed by atoms with Crippen LogP contribution in [0.4, 0.5) is 4.79 Å². The largest absolute Gasteiger partial charge is 0.458 e. The molecule has 1 atom stereocenters. The van der Waals surface area contributed by atoms with Gasteiger partial charge in [-0.05, 0) is 68.8 Å². The second-order valence-electron chi connectivity index (χ2n) is 8.45. The SMILES string of the molecule is C[C@@H](NC(=O)OCc1ccccc1)C(=O)OC12CC3CC(CC(C3)C1)C2. The van der Waals surface area contributed by atoms with Crippen molar-refractivity contribution in [3.8, 4) is 0 Å². The Bertz CT molecular complexity index is 637. The number of ether oxygens (including phenoxy) is 2. The van der Waals surface area contributed by atoms with Gasteiger partial charge >= 0.3 is 12.1 Å². The zero-order chi connectivity index (χ0) is 18.1. The van der Waals surface area contributed by atoms with Gasteiger partial charge in [0, 0.05) is 0 Å². The highest BCUT2D eigenvalue weighted by atomic mass is 16.6. The normalized spacial score (nSPS) is 32.7. The fourth-order valence-corrected chi connectivity index (χ4v) is 5.46. The predicted molar refractivity (Wildman–Crippen MR) is 96.2 cm³/mol. The highest BCUT2D eigenvalue weighted by Gasteiger charge is 2.53.